The van der Waals surface area contributed by atoms with Gasteiger partial charge in [0.05, 0.1) is 0 Å². The lowest BCUT2D eigenvalue weighted by Crippen LogP contribution is -2.21. The van der Waals surface area contributed by atoms with Gasteiger partial charge in [-0.3, -0.25) is 0 Å². The van der Waals surface area contributed by atoms with Gasteiger partial charge in [-0.1, -0.05) is 50.3 Å². The largest absolute Gasteiger partial charge is 0.319 e. The topological polar surface area (TPSA) is 12.0 Å². The van der Waals surface area contributed by atoms with Crippen LogP contribution >= 0.6 is 0 Å². The van der Waals surface area contributed by atoms with Gasteiger partial charge in [0.15, 0.2) is 0 Å². The molecule has 0 saturated carbocycles. The molecule has 0 bridgehead atoms. The molecule has 1 aromatic carbocycles. The second kappa shape index (κ2) is 4.10. The van der Waals surface area contributed by atoms with Crippen LogP contribution in [0.1, 0.15) is 31.4 Å². The predicted octanol–water partition coefficient (Wildman–Crippen LogP) is 3.53. The summed E-state index contributed by atoms with van der Waals surface area (Å²) in [6, 6.07) is 8.86. The number of hydrogen-bond acceptors (Lipinski definition) is 1. The smallest absolute Gasteiger partial charge is 0.0155 e. The molecule has 1 unspecified atom stereocenters. The number of nitrogens with one attached hydrogen (secondary N) is 1. The molecule has 3 rings (SSSR count). The molecule has 0 radical (unpaired) electrons. The van der Waals surface area contributed by atoms with Gasteiger partial charge < -0.3 is 5.32 Å². The molecule has 18 heavy (non-hydrogen) atoms. The number of allylic oxidation sites excluding steroid dienone is 3. The van der Waals surface area contributed by atoms with Crippen molar-refractivity contribution in [3.63, 3.8) is 0 Å². The zero-order valence-electron chi connectivity index (χ0n) is 11.5. The molecular formula is C17H21N. The highest BCUT2D eigenvalue weighted by molar-refractivity contribution is 5.90. The van der Waals surface area contributed by atoms with E-state index in [0.717, 1.165) is 13.0 Å². The average Bonchev–Trinajstić information content (AvgIpc) is 2.60. The predicted molar refractivity (Wildman–Crippen MR) is 77.6 cm³/mol. The van der Waals surface area contributed by atoms with Gasteiger partial charge >= 0.3 is 0 Å². The Morgan fingerprint density at radius 1 is 1.28 bits per heavy atom. The van der Waals surface area contributed by atoms with Crippen molar-refractivity contribution in [2.75, 3.05) is 13.6 Å². The molecule has 1 aromatic rings. The Hall–Kier alpha value is -1.34. The molecule has 0 aliphatic heterocycles. The zero-order chi connectivity index (χ0) is 12.8. The third-order valence-corrected chi connectivity index (χ3v) is 4.35. The van der Waals surface area contributed by atoms with E-state index in [1.165, 1.54) is 22.3 Å². The molecule has 0 amide bonds. The Balaban J connectivity index is 2.11. The maximum Gasteiger partial charge on any atom is 0.0155 e. The lowest BCUT2D eigenvalue weighted by Gasteiger charge is -2.25. The van der Waals surface area contributed by atoms with E-state index in [2.05, 4.69) is 55.6 Å². The summed E-state index contributed by atoms with van der Waals surface area (Å²) in [5, 5.41) is 3.29. The second-order valence-electron chi connectivity index (χ2n) is 5.92. The third kappa shape index (κ3) is 1.58. The van der Waals surface area contributed by atoms with Crippen molar-refractivity contribution in [2.45, 2.75) is 25.7 Å². The van der Waals surface area contributed by atoms with Gasteiger partial charge in [0.1, 0.15) is 0 Å². The Bertz CT molecular complexity index is 534. The van der Waals surface area contributed by atoms with Crippen LogP contribution in [0.4, 0.5) is 0 Å². The highest BCUT2D eigenvalue weighted by atomic mass is 14.8. The SMILES string of the molecule is CNCC1C=C2C(=CC1)C(C)(C)c1ccccc12. The van der Waals surface area contributed by atoms with Crippen molar-refractivity contribution in [1.29, 1.82) is 0 Å². The molecule has 1 nitrogen and oxygen atoms in total. The van der Waals surface area contributed by atoms with Crippen LogP contribution in [0.5, 0.6) is 0 Å². The second-order valence-corrected chi connectivity index (χ2v) is 5.92. The first kappa shape index (κ1) is 11.7. The molecule has 1 N–H and O–H groups in total. The normalized spacial score (nSPS) is 24.1. The molecule has 1 heteroatoms. The Morgan fingerprint density at radius 2 is 2.06 bits per heavy atom. The van der Waals surface area contributed by atoms with Crippen LogP contribution in [0, 0.1) is 5.92 Å². The van der Waals surface area contributed by atoms with E-state index in [9.17, 15) is 0 Å². The molecule has 0 spiro atoms. The van der Waals surface area contributed by atoms with Crippen LogP contribution in [0.2, 0.25) is 0 Å². The van der Waals surface area contributed by atoms with Gasteiger partial charge in [-0.15, -0.1) is 0 Å². The van der Waals surface area contributed by atoms with Gasteiger partial charge in [0, 0.05) is 12.0 Å². The number of benzene rings is 1. The van der Waals surface area contributed by atoms with Crippen molar-refractivity contribution < 1.29 is 0 Å². The van der Waals surface area contributed by atoms with Gasteiger partial charge in [-0.25, -0.2) is 0 Å². The summed E-state index contributed by atoms with van der Waals surface area (Å²) in [5.41, 5.74) is 6.09. The number of rotatable bonds is 2. The van der Waals surface area contributed by atoms with Crippen LogP contribution in [0.25, 0.3) is 5.57 Å². The lowest BCUT2D eigenvalue weighted by molar-refractivity contribution is 0.587. The van der Waals surface area contributed by atoms with Crippen molar-refractivity contribution in [1.82, 2.24) is 5.32 Å². The minimum Gasteiger partial charge on any atom is -0.319 e. The van der Waals surface area contributed by atoms with Crippen molar-refractivity contribution in [3.8, 4) is 0 Å². The summed E-state index contributed by atoms with van der Waals surface area (Å²) in [6.45, 7) is 5.75. The Labute approximate surface area is 110 Å². The first-order valence-electron chi connectivity index (χ1n) is 6.82. The molecule has 0 fully saturated rings. The molecule has 1 atom stereocenters. The van der Waals surface area contributed by atoms with Crippen LogP contribution in [0.15, 0.2) is 42.0 Å². The van der Waals surface area contributed by atoms with E-state index in [4.69, 9.17) is 0 Å². The lowest BCUT2D eigenvalue weighted by atomic mass is 9.79. The van der Waals surface area contributed by atoms with Gasteiger partial charge in [-0.05, 0) is 41.7 Å². The van der Waals surface area contributed by atoms with Crippen LogP contribution in [-0.2, 0) is 5.41 Å². The fourth-order valence-electron chi connectivity index (χ4n) is 3.41. The number of fused-ring (bicyclic) bond motifs is 3. The van der Waals surface area contributed by atoms with Gasteiger partial charge in [0.2, 0.25) is 0 Å². The van der Waals surface area contributed by atoms with Crippen LogP contribution in [0.3, 0.4) is 0 Å². The Morgan fingerprint density at radius 3 is 2.83 bits per heavy atom. The standard InChI is InChI=1S/C17H21N/c1-17(2)15-7-5-4-6-13(15)14-10-12(11-18-3)8-9-16(14)17/h4-7,9-10,12,18H,8,11H2,1-3H3. The molecule has 0 aromatic heterocycles. The van der Waals surface area contributed by atoms with Crippen LogP contribution in [-0.4, -0.2) is 13.6 Å². The summed E-state index contributed by atoms with van der Waals surface area (Å²) in [4.78, 5) is 0. The highest BCUT2D eigenvalue weighted by Gasteiger charge is 2.38. The minimum absolute atomic E-state index is 0.174. The van der Waals surface area contributed by atoms with Crippen molar-refractivity contribution in [3.05, 3.63) is 53.1 Å². The first-order chi connectivity index (χ1) is 8.64. The van der Waals surface area contributed by atoms with Gasteiger partial charge in [-0.2, -0.15) is 0 Å². The van der Waals surface area contributed by atoms with E-state index in [-0.39, 0.29) is 5.41 Å². The molecular weight excluding hydrogens is 218 g/mol. The van der Waals surface area contributed by atoms with Crippen molar-refractivity contribution >= 4 is 5.57 Å². The molecule has 2 aliphatic rings. The van der Waals surface area contributed by atoms with Crippen molar-refractivity contribution in [2.24, 2.45) is 5.92 Å². The maximum absolute atomic E-state index is 3.29. The summed E-state index contributed by atoms with van der Waals surface area (Å²) in [7, 11) is 2.03. The Kier molecular flexibility index (Phi) is 2.67. The first-order valence-corrected chi connectivity index (χ1v) is 6.82. The minimum atomic E-state index is 0.174. The van der Waals surface area contributed by atoms with E-state index >= 15 is 0 Å². The third-order valence-electron chi connectivity index (χ3n) is 4.35. The molecule has 2 aliphatic carbocycles. The van der Waals surface area contributed by atoms with E-state index in [1.54, 1.807) is 0 Å². The number of hydrogen-bond donors (Lipinski definition) is 1. The molecule has 0 heterocycles. The summed E-state index contributed by atoms with van der Waals surface area (Å²) in [6.07, 6.45) is 6.09. The van der Waals surface area contributed by atoms with Gasteiger partial charge in [0.25, 0.3) is 0 Å². The summed E-state index contributed by atoms with van der Waals surface area (Å²) >= 11 is 0. The summed E-state index contributed by atoms with van der Waals surface area (Å²) < 4.78 is 0. The highest BCUT2D eigenvalue weighted by Crippen LogP contribution is 2.51. The fraction of sp³-hybridized carbons (Fsp3) is 0.412. The average molecular weight is 239 g/mol. The van der Waals surface area contributed by atoms with E-state index < -0.39 is 0 Å². The molecule has 0 saturated heterocycles. The van der Waals surface area contributed by atoms with E-state index in [1.807, 2.05) is 7.05 Å². The quantitative estimate of drug-likeness (QED) is 0.832. The maximum atomic E-state index is 3.29. The van der Waals surface area contributed by atoms with Crippen LogP contribution < -0.4 is 5.32 Å². The fourth-order valence-corrected chi connectivity index (χ4v) is 3.41. The van der Waals surface area contributed by atoms with E-state index in [0.29, 0.717) is 5.92 Å². The monoisotopic (exact) mass is 239 g/mol. The summed E-state index contributed by atoms with van der Waals surface area (Å²) in [5.74, 6) is 0.635. The molecule has 94 valence electrons. The zero-order valence-corrected chi connectivity index (χ0v) is 11.5.